The molecule has 0 aliphatic carbocycles. The number of likely N-dealkylation sites (tertiary alicyclic amines) is 1. The van der Waals surface area contributed by atoms with Crippen molar-refractivity contribution < 1.29 is 14.3 Å². The minimum absolute atomic E-state index is 0.0747. The molecule has 4 atom stereocenters. The van der Waals surface area contributed by atoms with Crippen LogP contribution in [0.1, 0.15) is 41.5 Å². The van der Waals surface area contributed by atoms with Gasteiger partial charge in [0.2, 0.25) is 11.8 Å². The van der Waals surface area contributed by atoms with E-state index in [0.29, 0.717) is 0 Å². The lowest BCUT2D eigenvalue weighted by Crippen LogP contribution is -2.52. The van der Waals surface area contributed by atoms with Gasteiger partial charge in [0, 0.05) is 5.54 Å². The summed E-state index contributed by atoms with van der Waals surface area (Å²) in [5.74, 6) is -0.863. The van der Waals surface area contributed by atoms with Crippen LogP contribution in [0.5, 0.6) is 0 Å². The molecule has 0 aromatic rings. The van der Waals surface area contributed by atoms with Crippen molar-refractivity contribution in [2.75, 3.05) is 0 Å². The van der Waals surface area contributed by atoms with E-state index in [1.165, 1.54) is 4.90 Å². The van der Waals surface area contributed by atoms with Crippen LogP contribution in [0.3, 0.4) is 0 Å². The summed E-state index contributed by atoms with van der Waals surface area (Å²) in [4.78, 5) is 27.0. The Morgan fingerprint density at radius 2 is 1.70 bits per heavy atom. The summed E-state index contributed by atoms with van der Waals surface area (Å²) in [5, 5.41) is 0. The zero-order valence-corrected chi connectivity index (χ0v) is 13.1. The minimum Gasteiger partial charge on any atom is -0.361 e. The smallest absolute Gasteiger partial charge is 0.236 e. The first-order chi connectivity index (χ1) is 9.01. The van der Waals surface area contributed by atoms with Crippen LogP contribution >= 0.6 is 0 Å². The van der Waals surface area contributed by atoms with Crippen LogP contribution in [0.4, 0.5) is 0 Å². The molecule has 2 amide bonds. The molecular weight excluding hydrogens is 254 g/mol. The lowest BCUT2D eigenvalue weighted by Gasteiger charge is -2.41. The van der Waals surface area contributed by atoms with Gasteiger partial charge in [-0.05, 0) is 26.2 Å². The highest BCUT2D eigenvalue weighted by Crippen LogP contribution is 2.59. The first-order valence-corrected chi connectivity index (χ1v) is 7.26. The molecule has 3 rings (SSSR count). The molecule has 0 saturated carbocycles. The first-order valence-electron chi connectivity index (χ1n) is 7.26. The second-order valence-electron chi connectivity index (χ2n) is 8.17. The Balaban J connectivity index is 2.10. The molecule has 3 aliphatic rings. The summed E-state index contributed by atoms with van der Waals surface area (Å²) in [7, 11) is 0. The standard InChI is InChI=1S/C16H23NO3/c1-14(2,3)16-8-7-9(20-16)10-11(16)13(19)17(12(10)18)15(4,5)6/h7-11H,1-6H3. The van der Waals surface area contributed by atoms with Crippen LogP contribution in [-0.2, 0) is 14.3 Å². The van der Waals surface area contributed by atoms with E-state index < -0.39 is 11.1 Å². The van der Waals surface area contributed by atoms with Crippen molar-refractivity contribution in [3.05, 3.63) is 12.2 Å². The normalized spacial score (nSPS) is 39.9. The third kappa shape index (κ3) is 1.40. The van der Waals surface area contributed by atoms with Gasteiger partial charge < -0.3 is 4.74 Å². The molecule has 0 N–H and O–H groups in total. The van der Waals surface area contributed by atoms with E-state index in [9.17, 15) is 9.59 Å². The molecule has 0 spiro atoms. The second kappa shape index (κ2) is 3.53. The fourth-order valence-electron chi connectivity index (χ4n) is 3.94. The van der Waals surface area contributed by atoms with Gasteiger partial charge in [-0.15, -0.1) is 0 Å². The van der Waals surface area contributed by atoms with Crippen molar-refractivity contribution in [2.45, 2.75) is 58.8 Å². The summed E-state index contributed by atoms with van der Waals surface area (Å²) in [6.45, 7) is 11.9. The van der Waals surface area contributed by atoms with Gasteiger partial charge in [-0.2, -0.15) is 0 Å². The van der Waals surface area contributed by atoms with Crippen LogP contribution < -0.4 is 0 Å². The van der Waals surface area contributed by atoms with Gasteiger partial charge in [0.15, 0.2) is 0 Å². The number of ether oxygens (including phenoxy) is 1. The fraction of sp³-hybridized carbons (Fsp3) is 0.750. The van der Waals surface area contributed by atoms with Gasteiger partial charge in [-0.1, -0.05) is 32.9 Å². The first kappa shape index (κ1) is 13.8. The Kier molecular flexibility index (Phi) is 2.44. The molecular formula is C16H23NO3. The fourth-order valence-corrected chi connectivity index (χ4v) is 3.94. The molecule has 2 saturated heterocycles. The topological polar surface area (TPSA) is 46.6 Å². The highest BCUT2D eigenvalue weighted by molar-refractivity contribution is 6.08. The van der Waals surface area contributed by atoms with E-state index in [-0.39, 0.29) is 35.2 Å². The van der Waals surface area contributed by atoms with E-state index >= 15 is 0 Å². The van der Waals surface area contributed by atoms with Crippen LogP contribution in [0.2, 0.25) is 0 Å². The van der Waals surface area contributed by atoms with E-state index in [4.69, 9.17) is 4.74 Å². The van der Waals surface area contributed by atoms with E-state index in [0.717, 1.165) is 0 Å². The van der Waals surface area contributed by atoms with Gasteiger partial charge in [0.05, 0.1) is 17.9 Å². The Labute approximate surface area is 120 Å². The third-order valence-corrected chi connectivity index (χ3v) is 4.87. The largest absolute Gasteiger partial charge is 0.361 e. The average molecular weight is 277 g/mol. The summed E-state index contributed by atoms with van der Waals surface area (Å²) >= 11 is 0. The van der Waals surface area contributed by atoms with Crippen LogP contribution in [0.15, 0.2) is 12.2 Å². The third-order valence-electron chi connectivity index (χ3n) is 4.87. The summed E-state index contributed by atoms with van der Waals surface area (Å²) in [5.41, 5.74) is -1.34. The maximum atomic E-state index is 12.9. The van der Waals surface area contributed by atoms with Gasteiger partial charge in [0.1, 0.15) is 5.60 Å². The number of amides is 2. The predicted octanol–water partition coefficient (Wildman–Crippen LogP) is 2.14. The van der Waals surface area contributed by atoms with Crippen LogP contribution in [-0.4, -0.2) is 34.0 Å². The molecule has 0 aromatic heterocycles. The quantitative estimate of drug-likeness (QED) is 0.503. The van der Waals surface area contributed by atoms with Gasteiger partial charge >= 0.3 is 0 Å². The SMILES string of the molecule is CC(C)(C)N1C(=O)C2C3C=CC(C(C)(C)C)(O3)C2C1=O. The molecule has 2 bridgehead atoms. The number of nitrogens with zero attached hydrogens (tertiary/aromatic N) is 1. The summed E-state index contributed by atoms with van der Waals surface area (Å²) in [6.07, 6.45) is 3.72. The maximum absolute atomic E-state index is 12.9. The number of imide groups is 1. The Morgan fingerprint density at radius 3 is 2.20 bits per heavy atom. The molecule has 4 unspecified atom stereocenters. The zero-order chi connectivity index (χ0) is 15.1. The monoisotopic (exact) mass is 277 g/mol. The van der Waals surface area contributed by atoms with Crippen LogP contribution in [0.25, 0.3) is 0 Å². The highest BCUT2D eigenvalue weighted by atomic mass is 16.5. The molecule has 110 valence electrons. The Hall–Kier alpha value is -1.16. The van der Waals surface area contributed by atoms with E-state index in [1.807, 2.05) is 32.9 Å². The van der Waals surface area contributed by atoms with Crippen LogP contribution in [0, 0.1) is 17.3 Å². The number of hydrogen-bond donors (Lipinski definition) is 0. The maximum Gasteiger partial charge on any atom is 0.236 e. The molecule has 4 nitrogen and oxygen atoms in total. The molecule has 0 aromatic carbocycles. The lowest BCUT2D eigenvalue weighted by atomic mass is 9.65. The Bertz CT molecular complexity index is 523. The van der Waals surface area contributed by atoms with Crippen molar-refractivity contribution in [2.24, 2.45) is 17.3 Å². The van der Waals surface area contributed by atoms with Gasteiger partial charge in [-0.3, -0.25) is 14.5 Å². The second-order valence-corrected chi connectivity index (χ2v) is 8.17. The van der Waals surface area contributed by atoms with Gasteiger partial charge in [-0.25, -0.2) is 0 Å². The average Bonchev–Trinajstić information content (AvgIpc) is 2.87. The van der Waals surface area contributed by atoms with E-state index in [2.05, 4.69) is 20.8 Å². The number of rotatable bonds is 0. The highest BCUT2D eigenvalue weighted by Gasteiger charge is 2.71. The minimum atomic E-state index is -0.644. The number of fused-ring (bicyclic) bond motifs is 5. The predicted molar refractivity (Wildman–Crippen MR) is 74.8 cm³/mol. The van der Waals surface area contributed by atoms with Crippen molar-refractivity contribution in [3.63, 3.8) is 0 Å². The zero-order valence-electron chi connectivity index (χ0n) is 13.1. The van der Waals surface area contributed by atoms with Crippen molar-refractivity contribution in [1.82, 2.24) is 4.90 Å². The summed E-state index contributed by atoms with van der Waals surface area (Å²) in [6, 6.07) is 0. The molecule has 2 fully saturated rings. The lowest BCUT2D eigenvalue weighted by molar-refractivity contribution is -0.153. The Morgan fingerprint density at radius 1 is 1.10 bits per heavy atom. The summed E-state index contributed by atoms with van der Waals surface area (Å²) < 4.78 is 6.11. The van der Waals surface area contributed by atoms with Crippen molar-refractivity contribution in [1.29, 1.82) is 0 Å². The molecule has 3 aliphatic heterocycles. The molecule has 3 heterocycles. The number of carbonyl (C=O) groups excluding carboxylic acids is 2. The molecule has 20 heavy (non-hydrogen) atoms. The van der Waals surface area contributed by atoms with E-state index in [1.54, 1.807) is 0 Å². The number of hydrogen-bond acceptors (Lipinski definition) is 3. The molecule has 4 heteroatoms. The van der Waals surface area contributed by atoms with Crippen molar-refractivity contribution in [3.8, 4) is 0 Å². The van der Waals surface area contributed by atoms with Crippen molar-refractivity contribution >= 4 is 11.8 Å². The molecule has 0 radical (unpaired) electrons. The number of carbonyl (C=O) groups is 2. The van der Waals surface area contributed by atoms with Gasteiger partial charge in [0.25, 0.3) is 0 Å².